The average Bonchev–Trinajstić information content (AvgIpc) is 3.10. The molecule has 0 aliphatic rings. The van der Waals surface area contributed by atoms with Gasteiger partial charge in [0, 0.05) is 24.1 Å². The molecule has 25 heavy (non-hydrogen) atoms. The third-order valence-corrected chi connectivity index (χ3v) is 4.71. The highest BCUT2D eigenvalue weighted by Crippen LogP contribution is 2.23. The van der Waals surface area contributed by atoms with Crippen molar-refractivity contribution in [3.63, 3.8) is 0 Å². The number of sulfonamides is 1. The summed E-state index contributed by atoms with van der Waals surface area (Å²) in [5.74, 6) is 2.29. The number of hydrogen-bond acceptors (Lipinski definition) is 5. The Balaban J connectivity index is 1.79. The second-order valence-electron chi connectivity index (χ2n) is 5.33. The maximum absolute atomic E-state index is 11.6. The molecule has 130 valence electrons. The molecule has 3 aromatic rings. The minimum absolute atomic E-state index is 0.0215. The molecule has 0 spiro atoms. The molecule has 0 aliphatic carbocycles. The van der Waals surface area contributed by atoms with Gasteiger partial charge in [-0.3, -0.25) is 4.72 Å². The van der Waals surface area contributed by atoms with Crippen molar-refractivity contribution in [3.8, 4) is 17.4 Å². The Labute approximate surface area is 146 Å². The molecule has 0 amide bonds. The van der Waals surface area contributed by atoms with Crippen molar-refractivity contribution in [2.24, 2.45) is 0 Å². The van der Waals surface area contributed by atoms with Crippen LogP contribution in [0.5, 0.6) is 11.6 Å². The number of anilines is 1. The van der Waals surface area contributed by atoms with Crippen molar-refractivity contribution in [3.05, 3.63) is 60.7 Å². The fraction of sp³-hybridized carbons (Fsp3) is 0.176. The van der Waals surface area contributed by atoms with Crippen LogP contribution in [0.1, 0.15) is 12.7 Å². The summed E-state index contributed by atoms with van der Waals surface area (Å²) >= 11 is 0. The highest BCUT2D eigenvalue weighted by atomic mass is 32.2. The first-order chi connectivity index (χ1) is 11.9. The predicted octanol–water partition coefficient (Wildman–Crippen LogP) is 3.13. The van der Waals surface area contributed by atoms with Crippen molar-refractivity contribution < 1.29 is 13.2 Å². The monoisotopic (exact) mass is 358 g/mol. The van der Waals surface area contributed by atoms with Gasteiger partial charge in [0.25, 0.3) is 0 Å². The van der Waals surface area contributed by atoms with Crippen LogP contribution in [0.4, 0.5) is 5.69 Å². The van der Waals surface area contributed by atoms with Gasteiger partial charge < -0.3 is 9.30 Å². The number of benzene rings is 1. The number of hydrogen-bond donors (Lipinski definition) is 1. The van der Waals surface area contributed by atoms with Gasteiger partial charge in [0.05, 0.1) is 5.75 Å². The van der Waals surface area contributed by atoms with Crippen molar-refractivity contribution in [1.29, 1.82) is 0 Å². The van der Waals surface area contributed by atoms with E-state index in [1.54, 1.807) is 44.2 Å². The molecule has 0 fully saturated rings. The maximum atomic E-state index is 11.6. The van der Waals surface area contributed by atoms with E-state index in [0.717, 1.165) is 0 Å². The van der Waals surface area contributed by atoms with Gasteiger partial charge in [0.2, 0.25) is 15.9 Å². The standard InChI is InChI=1S/C17H18N4O3S/c1-3-25(22,23)20-14-6-8-15(9-7-14)24-17-12-16(18-13(2)19-17)21-10-4-5-11-21/h4-12,20H,3H2,1-2H3. The first kappa shape index (κ1) is 17.0. The molecule has 0 bridgehead atoms. The van der Waals surface area contributed by atoms with E-state index >= 15 is 0 Å². The van der Waals surface area contributed by atoms with Crippen LogP contribution in [0.15, 0.2) is 54.9 Å². The summed E-state index contributed by atoms with van der Waals surface area (Å²) < 4.78 is 33.3. The van der Waals surface area contributed by atoms with Crippen molar-refractivity contribution in [2.45, 2.75) is 13.8 Å². The quantitative estimate of drug-likeness (QED) is 0.731. The van der Waals surface area contributed by atoms with Crippen LogP contribution in [0, 0.1) is 6.92 Å². The average molecular weight is 358 g/mol. The summed E-state index contributed by atoms with van der Waals surface area (Å²) in [4.78, 5) is 8.65. The van der Waals surface area contributed by atoms with Gasteiger partial charge in [0.15, 0.2) is 0 Å². The van der Waals surface area contributed by atoms with E-state index in [0.29, 0.717) is 29.0 Å². The Bertz CT molecular complexity index is 952. The van der Waals surface area contributed by atoms with Gasteiger partial charge >= 0.3 is 0 Å². The van der Waals surface area contributed by atoms with Gasteiger partial charge in [-0.2, -0.15) is 4.98 Å². The largest absolute Gasteiger partial charge is 0.439 e. The third-order valence-electron chi connectivity index (χ3n) is 3.40. The van der Waals surface area contributed by atoms with E-state index in [9.17, 15) is 8.42 Å². The first-order valence-electron chi connectivity index (χ1n) is 7.72. The molecule has 3 rings (SSSR count). The summed E-state index contributed by atoms with van der Waals surface area (Å²) in [5.41, 5.74) is 0.487. The Kier molecular flexibility index (Phi) is 4.71. The second kappa shape index (κ2) is 6.94. The topological polar surface area (TPSA) is 86.1 Å². The van der Waals surface area contributed by atoms with Crippen molar-refractivity contribution in [2.75, 3.05) is 10.5 Å². The number of rotatable bonds is 6. The molecule has 1 N–H and O–H groups in total. The molecule has 0 atom stereocenters. The zero-order chi connectivity index (χ0) is 17.9. The van der Waals surface area contributed by atoms with Gasteiger partial charge in [0.1, 0.15) is 17.4 Å². The summed E-state index contributed by atoms with van der Waals surface area (Å²) in [7, 11) is -3.29. The van der Waals surface area contributed by atoms with E-state index in [1.165, 1.54) is 0 Å². The van der Waals surface area contributed by atoms with E-state index in [4.69, 9.17) is 4.74 Å². The molecular weight excluding hydrogens is 340 g/mol. The van der Waals surface area contributed by atoms with Gasteiger partial charge in [-0.25, -0.2) is 13.4 Å². The lowest BCUT2D eigenvalue weighted by Crippen LogP contribution is -2.14. The van der Waals surface area contributed by atoms with Crippen LogP contribution in [-0.4, -0.2) is 28.7 Å². The molecule has 0 saturated heterocycles. The molecular formula is C17H18N4O3S. The number of aryl methyl sites for hydroxylation is 1. The highest BCUT2D eigenvalue weighted by Gasteiger charge is 2.08. The first-order valence-corrected chi connectivity index (χ1v) is 9.38. The zero-order valence-corrected chi connectivity index (χ0v) is 14.7. The molecule has 0 unspecified atom stereocenters. The van der Waals surface area contributed by atoms with Gasteiger partial charge in [-0.05, 0) is 50.2 Å². The zero-order valence-electron chi connectivity index (χ0n) is 13.9. The van der Waals surface area contributed by atoms with Crippen LogP contribution < -0.4 is 9.46 Å². The molecule has 1 aromatic carbocycles. The van der Waals surface area contributed by atoms with E-state index in [1.807, 2.05) is 29.1 Å². The Morgan fingerprint density at radius 1 is 1.12 bits per heavy atom. The summed E-state index contributed by atoms with van der Waals surface area (Å²) in [6.45, 7) is 3.38. The van der Waals surface area contributed by atoms with Crippen LogP contribution in [0.25, 0.3) is 5.82 Å². The van der Waals surface area contributed by atoms with Crippen LogP contribution in [0.2, 0.25) is 0 Å². The van der Waals surface area contributed by atoms with Crippen molar-refractivity contribution >= 4 is 15.7 Å². The maximum Gasteiger partial charge on any atom is 0.232 e. The van der Waals surface area contributed by atoms with Gasteiger partial charge in [-0.1, -0.05) is 0 Å². The summed E-state index contributed by atoms with van der Waals surface area (Å²) in [5, 5.41) is 0. The van der Waals surface area contributed by atoms with Crippen LogP contribution in [-0.2, 0) is 10.0 Å². The normalized spacial score (nSPS) is 11.3. The SMILES string of the molecule is CCS(=O)(=O)Nc1ccc(Oc2cc(-n3cccc3)nc(C)n2)cc1. The minimum atomic E-state index is -3.29. The number of aromatic nitrogens is 3. The molecule has 7 nitrogen and oxygen atoms in total. The van der Waals surface area contributed by atoms with E-state index < -0.39 is 10.0 Å². The van der Waals surface area contributed by atoms with Crippen molar-refractivity contribution in [1.82, 2.24) is 14.5 Å². The molecule has 0 radical (unpaired) electrons. The molecule has 2 heterocycles. The Morgan fingerprint density at radius 3 is 2.44 bits per heavy atom. The fourth-order valence-corrected chi connectivity index (χ4v) is 2.80. The number of nitrogens with one attached hydrogen (secondary N) is 1. The summed E-state index contributed by atoms with van der Waals surface area (Å²) in [6.07, 6.45) is 3.78. The Hall–Kier alpha value is -2.87. The van der Waals surface area contributed by atoms with Gasteiger partial charge in [-0.15, -0.1) is 0 Å². The fourth-order valence-electron chi connectivity index (χ4n) is 2.16. The summed E-state index contributed by atoms with van der Waals surface area (Å²) in [6, 6.07) is 12.2. The highest BCUT2D eigenvalue weighted by molar-refractivity contribution is 7.92. The molecule has 0 aliphatic heterocycles. The van der Waals surface area contributed by atoms with Crippen LogP contribution >= 0.6 is 0 Å². The third kappa shape index (κ3) is 4.36. The minimum Gasteiger partial charge on any atom is -0.439 e. The smallest absolute Gasteiger partial charge is 0.232 e. The molecule has 8 heteroatoms. The molecule has 0 saturated carbocycles. The predicted molar refractivity (Wildman–Crippen MR) is 95.7 cm³/mol. The molecule has 2 aromatic heterocycles. The van der Waals surface area contributed by atoms with E-state index in [-0.39, 0.29) is 5.75 Å². The lowest BCUT2D eigenvalue weighted by molar-refractivity contribution is 0.459. The number of ether oxygens (including phenoxy) is 1. The number of nitrogens with zero attached hydrogens (tertiary/aromatic N) is 3. The lowest BCUT2D eigenvalue weighted by Gasteiger charge is -2.10. The van der Waals surface area contributed by atoms with Crippen LogP contribution in [0.3, 0.4) is 0 Å². The lowest BCUT2D eigenvalue weighted by atomic mass is 10.3. The second-order valence-corrected chi connectivity index (χ2v) is 7.34. The Morgan fingerprint density at radius 2 is 1.80 bits per heavy atom. The van der Waals surface area contributed by atoms with E-state index in [2.05, 4.69) is 14.7 Å².